The summed E-state index contributed by atoms with van der Waals surface area (Å²) in [6, 6.07) is 20.5. The maximum Gasteiger partial charge on any atom is 0.198 e. The van der Waals surface area contributed by atoms with Crippen molar-refractivity contribution in [2.75, 3.05) is 20.3 Å². The van der Waals surface area contributed by atoms with Gasteiger partial charge in [-0.15, -0.1) is 0 Å². The molecule has 0 amide bonds. The third-order valence-corrected chi connectivity index (χ3v) is 4.99. The summed E-state index contributed by atoms with van der Waals surface area (Å²) < 4.78 is 11.8. The van der Waals surface area contributed by atoms with Crippen LogP contribution in [0.1, 0.15) is 50.7 Å². The number of hydrogen-bond acceptors (Lipinski definition) is 4. The molecule has 1 N–H and O–H groups in total. The minimum atomic E-state index is -0.721. The van der Waals surface area contributed by atoms with Crippen LogP contribution in [-0.4, -0.2) is 32.1 Å². The van der Waals surface area contributed by atoms with Gasteiger partial charge in [-0.05, 0) is 25.0 Å². The molecule has 150 valence electrons. The van der Waals surface area contributed by atoms with Crippen LogP contribution in [0.5, 0.6) is 0 Å². The fourth-order valence-corrected chi connectivity index (χ4v) is 2.97. The molecule has 2 rings (SSSR count). The Bertz CT molecular complexity index is 770. The van der Waals surface area contributed by atoms with Gasteiger partial charge in [0.2, 0.25) is 0 Å². The summed E-state index contributed by atoms with van der Waals surface area (Å²) in [7, 11) is 1.70. The number of nitrogens with zero attached hydrogens (tertiary/aromatic N) is 1. The van der Waals surface area contributed by atoms with Crippen molar-refractivity contribution in [3.63, 3.8) is 0 Å². The summed E-state index contributed by atoms with van der Waals surface area (Å²) in [6.07, 6.45) is 0. The highest BCUT2D eigenvalue weighted by Crippen LogP contribution is 2.25. The van der Waals surface area contributed by atoms with Gasteiger partial charge in [-0.2, -0.15) is 0 Å². The first kappa shape index (κ1) is 21.7. The molecule has 0 spiro atoms. The zero-order valence-electron chi connectivity index (χ0n) is 17.6. The molecule has 0 heterocycles. The van der Waals surface area contributed by atoms with Crippen molar-refractivity contribution in [3.05, 3.63) is 71.8 Å². The molecule has 0 radical (unpaired) electrons. The molecular weight excluding hydrogens is 348 g/mol. The van der Waals surface area contributed by atoms with E-state index in [-0.39, 0.29) is 17.7 Å². The maximum absolute atomic E-state index is 8.45. The van der Waals surface area contributed by atoms with E-state index in [1.807, 2.05) is 50.2 Å². The smallest absolute Gasteiger partial charge is 0.198 e. The van der Waals surface area contributed by atoms with Gasteiger partial charge in [0.15, 0.2) is 11.8 Å². The van der Waals surface area contributed by atoms with Crippen LogP contribution in [0.4, 0.5) is 0 Å². The van der Waals surface area contributed by atoms with E-state index in [9.17, 15) is 0 Å². The van der Waals surface area contributed by atoms with Gasteiger partial charge in [0.05, 0.1) is 13.2 Å². The van der Waals surface area contributed by atoms with Gasteiger partial charge in [-0.25, -0.2) is 0 Å². The monoisotopic (exact) mass is 380 g/mol. The Kier molecular flexibility index (Phi) is 7.80. The Morgan fingerprint density at radius 2 is 1.29 bits per heavy atom. The molecule has 0 aliphatic heterocycles. The van der Waals surface area contributed by atoms with Crippen molar-refractivity contribution in [3.8, 4) is 0 Å². The molecule has 0 unspecified atom stereocenters. The second-order valence-electron chi connectivity index (χ2n) is 7.73. The number of benzene rings is 2. The van der Waals surface area contributed by atoms with Crippen molar-refractivity contribution in [2.45, 2.75) is 39.5 Å². The lowest BCUT2D eigenvalue weighted by Gasteiger charge is -2.28. The van der Waals surface area contributed by atoms with E-state index in [2.05, 4.69) is 43.1 Å². The van der Waals surface area contributed by atoms with Crippen molar-refractivity contribution in [1.29, 1.82) is 5.41 Å². The van der Waals surface area contributed by atoms with Gasteiger partial charge in [0.25, 0.3) is 0 Å². The van der Waals surface area contributed by atoms with Crippen LogP contribution in [0.2, 0.25) is 0 Å². The molecule has 0 saturated heterocycles. The molecule has 0 saturated carbocycles. The molecule has 28 heavy (non-hydrogen) atoms. The van der Waals surface area contributed by atoms with Crippen LogP contribution in [0.3, 0.4) is 0 Å². The van der Waals surface area contributed by atoms with Crippen LogP contribution in [0.15, 0.2) is 65.7 Å². The number of hydrogen-bond donors (Lipinski definition) is 1. The van der Waals surface area contributed by atoms with E-state index in [4.69, 9.17) is 14.9 Å². The van der Waals surface area contributed by atoms with Crippen LogP contribution in [0.25, 0.3) is 0 Å². The van der Waals surface area contributed by atoms with Crippen molar-refractivity contribution in [1.82, 2.24) is 0 Å². The topological polar surface area (TPSA) is 54.7 Å². The molecule has 0 fully saturated rings. The Balaban J connectivity index is 1.93. The van der Waals surface area contributed by atoms with Crippen molar-refractivity contribution in [2.24, 2.45) is 10.4 Å². The number of ether oxygens (including phenoxy) is 2. The molecule has 2 aromatic carbocycles. The zero-order valence-corrected chi connectivity index (χ0v) is 17.6. The third-order valence-electron chi connectivity index (χ3n) is 4.99. The summed E-state index contributed by atoms with van der Waals surface area (Å²) in [5.41, 5.74) is 1.70. The van der Waals surface area contributed by atoms with Crippen LogP contribution in [0, 0.1) is 10.8 Å². The van der Waals surface area contributed by atoms with E-state index in [0.717, 1.165) is 0 Å². The SMILES string of the molecule is C/N=C(/OC[C@H](C)c1ccccc1)C(C)(C)C(=N)OC[C@H](C)c1ccccc1. The number of nitrogens with one attached hydrogen (secondary N) is 1. The molecular formula is C24H32N2O2. The van der Waals surface area contributed by atoms with Crippen molar-refractivity contribution >= 4 is 11.8 Å². The molecule has 4 heteroatoms. The summed E-state index contributed by atoms with van der Waals surface area (Å²) in [5, 5.41) is 8.45. The Labute approximate surface area is 169 Å². The third kappa shape index (κ3) is 5.69. The zero-order chi connectivity index (χ0) is 20.6. The lowest BCUT2D eigenvalue weighted by atomic mass is 9.92. The van der Waals surface area contributed by atoms with Crippen LogP contribution < -0.4 is 0 Å². The minimum absolute atomic E-state index is 0.170. The normalized spacial score (nSPS) is 14.2. The van der Waals surface area contributed by atoms with E-state index in [1.54, 1.807) is 7.05 Å². The second kappa shape index (κ2) is 10.1. The Hall–Kier alpha value is -2.62. The van der Waals surface area contributed by atoms with Crippen molar-refractivity contribution < 1.29 is 9.47 Å². The molecule has 0 bridgehead atoms. The minimum Gasteiger partial charge on any atom is -0.480 e. The van der Waals surface area contributed by atoms with Gasteiger partial charge in [0.1, 0.15) is 5.41 Å². The molecule has 0 aromatic heterocycles. The maximum atomic E-state index is 8.45. The summed E-state index contributed by atoms with van der Waals surface area (Å²) in [4.78, 5) is 4.31. The summed E-state index contributed by atoms with van der Waals surface area (Å²) >= 11 is 0. The number of rotatable bonds is 8. The molecule has 0 aliphatic rings. The first-order chi connectivity index (χ1) is 13.4. The quantitative estimate of drug-likeness (QED) is 0.474. The van der Waals surface area contributed by atoms with Crippen LogP contribution in [-0.2, 0) is 9.47 Å². The Morgan fingerprint density at radius 3 is 1.71 bits per heavy atom. The highest BCUT2D eigenvalue weighted by molar-refractivity contribution is 6.03. The second-order valence-corrected chi connectivity index (χ2v) is 7.73. The predicted octanol–water partition coefficient (Wildman–Crippen LogP) is 5.66. The molecule has 2 aromatic rings. The lowest BCUT2D eigenvalue weighted by molar-refractivity contribution is 0.223. The van der Waals surface area contributed by atoms with Gasteiger partial charge < -0.3 is 9.47 Å². The standard InChI is InChI=1S/C24H32N2O2/c1-18(20-12-8-6-9-13-20)16-27-22(25)24(3,4)23(26-5)28-17-19(2)21-14-10-7-11-15-21/h6-15,18-19,25H,16-17H2,1-5H3/b25-22?,26-23+/t18-,19-/m0/s1. The highest BCUT2D eigenvalue weighted by atomic mass is 16.5. The summed E-state index contributed by atoms with van der Waals surface area (Å²) in [6.45, 7) is 9.01. The predicted molar refractivity (Wildman–Crippen MR) is 116 cm³/mol. The van der Waals surface area contributed by atoms with Gasteiger partial charge in [0, 0.05) is 18.9 Å². The highest BCUT2D eigenvalue weighted by Gasteiger charge is 2.34. The fourth-order valence-electron chi connectivity index (χ4n) is 2.97. The van der Waals surface area contributed by atoms with E-state index in [1.165, 1.54) is 11.1 Å². The molecule has 2 atom stereocenters. The number of aliphatic imine (C=N–C) groups is 1. The van der Waals surface area contributed by atoms with Gasteiger partial charge in [-0.3, -0.25) is 10.4 Å². The van der Waals surface area contributed by atoms with E-state index in [0.29, 0.717) is 19.1 Å². The fraction of sp³-hybridized carbons (Fsp3) is 0.417. The van der Waals surface area contributed by atoms with Gasteiger partial charge >= 0.3 is 0 Å². The average Bonchev–Trinajstić information content (AvgIpc) is 2.73. The first-order valence-electron chi connectivity index (χ1n) is 9.78. The lowest BCUT2D eigenvalue weighted by Crippen LogP contribution is -2.37. The first-order valence-corrected chi connectivity index (χ1v) is 9.78. The van der Waals surface area contributed by atoms with Gasteiger partial charge in [-0.1, -0.05) is 74.5 Å². The summed E-state index contributed by atoms with van der Waals surface area (Å²) in [5.74, 6) is 1.14. The largest absolute Gasteiger partial charge is 0.480 e. The average molecular weight is 381 g/mol. The van der Waals surface area contributed by atoms with Crippen LogP contribution >= 0.6 is 0 Å². The molecule has 4 nitrogen and oxygen atoms in total. The van der Waals surface area contributed by atoms with E-state index >= 15 is 0 Å². The molecule has 0 aliphatic carbocycles. The van der Waals surface area contributed by atoms with E-state index < -0.39 is 5.41 Å². The Morgan fingerprint density at radius 1 is 0.857 bits per heavy atom.